The van der Waals surface area contributed by atoms with Gasteiger partial charge in [0.2, 0.25) is 0 Å². The number of carbonyl (C=O) groups is 1. The number of carboxylic acid groups (broad SMARTS) is 1. The van der Waals surface area contributed by atoms with E-state index in [2.05, 4.69) is 21.7 Å². The van der Waals surface area contributed by atoms with Crippen molar-refractivity contribution in [2.24, 2.45) is 0 Å². The Kier molecular flexibility index (Phi) is 3.36. The lowest BCUT2D eigenvalue weighted by Gasteiger charge is -2.29. The minimum Gasteiger partial charge on any atom is -0.478 e. The SMILES string of the molecule is O=C(O)c1cccc2c1CCN(Cc1ccsc1)C2. The van der Waals surface area contributed by atoms with E-state index in [1.807, 2.05) is 12.1 Å². The Morgan fingerprint density at radius 2 is 2.26 bits per heavy atom. The maximum absolute atomic E-state index is 11.2. The first kappa shape index (κ1) is 12.4. The van der Waals surface area contributed by atoms with Crippen LogP contribution in [0.2, 0.25) is 0 Å². The van der Waals surface area contributed by atoms with Crippen molar-refractivity contribution in [3.63, 3.8) is 0 Å². The third-order valence-corrected chi connectivity index (χ3v) is 4.29. The number of aromatic carboxylic acids is 1. The van der Waals surface area contributed by atoms with Gasteiger partial charge < -0.3 is 5.11 Å². The van der Waals surface area contributed by atoms with E-state index in [4.69, 9.17) is 0 Å². The average Bonchev–Trinajstić information content (AvgIpc) is 2.90. The average molecular weight is 273 g/mol. The Bertz CT molecular complexity index is 592. The van der Waals surface area contributed by atoms with Crippen molar-refractivity contribution in [3.8, 4) is 0 Å². The molecule has 0 spiro atoms. The van der Waals surface area contributed by atoms with Gasteiger partial charge in [-0.1, -0.05) is 12.1 Å². The summed E-state index contributed by atoms with van der Waals surface area (Å²) in [6.45, 7) is 2.71. The highest BCUT2D eigenvalue weighted by atomic mass is 32.1. The van der Waals surface area contributed by atoms with Crippen molar-refractivity contribution in [2.75, 3.05) is 6.54 Å². The zero-order chi connectivity index (χ0) is 13.2. The summed E-state index contributed by atoms with van der Waals surface area (Å²) in [5.74, 6) is -0.817. The Labute approximate surface area is 116 Å². The van der Waals surface area contributed by atoms with Gasteiger partial charge in [0.05, 0.1) is 5.56 Å². The van der Waals surface area contributed by atoms with E-state index in [0.29, 0.717) is 5.56 Å². The Morgan fingerprint density at radius 3 is 3.00 bits per heavy atom. The van der Waals surface area contributed by atoms with E-state index in [1.54, 1.807) is 17.4 Å². The zero-order valence-corrected chi connectivity index (χ0v) is 11.3. The molecule has 0 fully saturated rings. The van der Waals surface area contributed by atoms with Crippen LogP contribution < -0.4 is 0 Å². The van der Waals surface area contributed by atoms with Crippen LogP contribution >= 0.6 is 11.3 Å². The van der Waals surface area contributed by atoms with Crippen molar-refractivity contribution in [3.05, 3.63) is 57.3 Å². The smallest absolute Gasteiger partial charge is 0.335 e. The van der Waals surface area contributed by atoms with Crippen LogP contribution in [0.15, 0.2) is 35.0 Å². The Hall–Kier alpha value is -1.65. The molecule has 0 saturated carbocycles. The predicted molar refractivity (Wildman–Crippen MR) is 75.5 cm³/mol. The number of benzene rings is 1. The van der Waals surface area contributed by atoms with Crippen LogP contribution in [0, 0.1) is 0 Å². The number of hydrogen-bond acceptors (Lipinski definition) is 3. The monoisotopic (exact) mass is 273 g/mol. The largest absolute Gasteiger partial charge is 0.478 e. The van der Waals surface area contributed by atoms with Gasteiger partial charge in [0, 0.05) is 19.6 Å². The first-order valence-electron chi connectivity index (χ1n) is 6.31. The molecule has 1 N–H and O–H groups in total. The summed E-state index contributed by atoms with van der Waals surface area (Å²) in [5.41, 5.74) is 3.97. The number of carboxylic acids is 1. The molecule has 19 heavy (non-hydrogen) atoms. The minimum absolute atomic E-state index is 0.465. The van der Waals surface area contributed by atoms with Gasteiger partial charge in [0.25, 0.3) is 0 Å². The molecule has 0 unspecified atom stereocenters. The second kappa shape index (κ2) is 5.15. The van der Waals surface area contributed by atoms with Gasteiger partial charge in [-0.3, -0.25) is 4.90 Å². The molecule has 1 aromatic carbocycles. The standard InChI is InChI=1S/C15H15NO2S/c17-15(18)14-3-1-2-12-9-16(6-4-13(12)14)8-11-5-7-19-10-11/h1-3,5,7,10H,4,6,8-9H2,(H,17,18). The molecule has 1 aromatic heterocycles. The lowest BCUT2D eigenvalue weighted by atomic mass is 9.94. The van der Waals surface area contributed by atoms with Crippen LogP contribution in [0.25, 0.3) is 0 Å². The zero-order valence-electron chi connectivity index (χ0n) is 10.5. The molecule has 0 saturated heterocycles. The lowest BCUT2D eigenvalue weighted by molar-refractivity contribution is 0.0694. The van der Waals surface area contributed by atoms with E-state index in [9.17, 15) is 9.90 Å². The molecule has 1 aliphatic heterocycles. The maximum Gasteiger partial charge on any atom is 0.335 e. The van der Waals surface area contributed by atoms with Gasteiger partial charge >= 0.3 is 5.97 Å². The lowest BCUT2D eigenvalue weighted by Crippen LogP contribution is -2.31. The van der Waals surface area contributed by atoms with Crippen LogP contribution in [0.5, 0.6) is 0 Å². The van der Waals surface area contributed by atoms with Gasteiger partial charge in [-0.25, -0.2) is 4.79 Å². The van der Waals surface area contributed by atoms with Crippen LogP contribution in [-0.2, 0) is 19.5 Å². The molecule has 2 heterocycles. The summed E-state index contributed by atoms with van der Waals surface area (Å²) >= 11 is 1.72. The molecular weight excluding hydrogens is 258 g/mol. The molecule has 98 valence electrons. The molecule has 0 bridgehead atoms. The van der Waals surface area contributed by atoms with E-state index < -0.39 is 5.97 Å². The summed E-state index contributed by atoms with van der Waals surface area (Å²) in [5, 5.41) is 13.5. The van der Waals surface area contributed by atoms with Crippen molar-refractivity contribution < 1.29 is 9.90 Å². The van der Waals surface area contributed by atoms with Crippen molar-refractivity contribution in [1.29, 1.82) is 0 Å². The molecule has 0 atom stereocenters. The molecule has 0 amide bonds. The second-order valence-electron chi connectivity index (χ2n) is 4.84. The fraction of sp³-hybridized carbons (Fsp3) is 0.267. The van der Waals surface area contributed by atoms with E-state index in [1.165, 1.54) is 5.56 Å². The van der Waals surface area contributed by atoms with E-state index in [-0.39, 0.29) is 0 Å². The minimum atomic E-state index is -0.817. The summed E-state index contributed by atoms with van der Waals surface area (Å²) in [4.78, 5) is 13.6. The predicted octanol–water partition coefficient (Wildman–Crippen LogP) is 3.00. The fourth-order valence-corrected chi connectivity index (χ4v) is 3.30. The third kappa shape index (κ3) is 2.55. The topological polar surface area (TPSA) is 40.5 Å². The summed E-state index contributed by atoms with van der Waals surface area (Å²) in [6, 6.07) is 7.74. The molecule has 2 aromatic rings. The first-order chi connectivity index (χ1) is 9.24. The number of thiophene rings is 1. The fourth-order valence-electron chi connectivity index (χ4n) is 2.64. The van der Waals surface area contributed by atoms with Gasteiger partial charge in [-0.2, -0.15) is 11.3 Å². The number of rotatable bonds is 3. The highest BCUT2D eigenvalue weighted by Crippen LogP contribution is 2.24. The summed E-state index contributed by atoms with van der Waals surface area (Å²) < 4.78 is 0. The van der Waals surface area contributed by atoms with Gasteiger partial charge in [-0.15, -0.1) is 0 Å². The van der Waals surface area contributed by atoms with E-state index >= 15 is 0 Å². The molecule has 3 nitrogen and oxygen atoms in total. The van der Waals surface area contributed by atoms with Crippen LogP contribution in [0.1, 0.15) is 27.0 Å². The van der Waals surface area contributed by atoms with Crippen molar-refractivity contribution in [2.45, 2.75) is 19.5 Å². The first-order valence-corrected chi connectivity index (χ1v) is 7.26. The quantitative estimate of drug-likeness (QED) is 0.934. The third-order valence-electron chi connectivity index (χ3n) is 3.56. The number of fused-ring (bicyclic) bond motifs is 1. The maximum atomic E-state index is 11.2. The van der Waals surface area contributed by atoms with Crippen LogP contribution in [0.4, 0.5) is 0 Å². The molecule has 4 heteroatoms. The highest BCUT2D eigenvalue weighted by Gasteiger charge is 2.21. The molecule has 1 aliphatic rings. The molecule has 0 radical (unpaired) electrons. The molecule has 0 aliphatic carbocycles. The summed E-state index contributed by atoms with van der Waals surface area (Å²) in [6.07, 6.45) is 0.821. The summed E-state index contributed by atoms with van der Waals surface area (Å²) in [7, 11) is 0. The number of nitrogens with zero attached hydrogens (tertiary/aromatic N) is 1. The number of hydrogen-bond donors (Lipinski definition) is 1. The normalized spacial score (nSPS) is 15.2. The van der Waals surface area contributed by atoms with Crippen molar-refractivity contribution in [1.82, 2.24) is 4.90 Å². The molecule has 3 rings (SSSR count). The Balaban J connectivity index is 1.81. The Morgan fingerprint density at radius 1 is 1.37 bits per heavy atom. The van der Waals surface area contributed by atoms with Gasteiger partial charge in [0.15, 0.2) is 0 Å². The molecular formula is C15H15NO2S. The highest BCUT2D eigenvalue weighted by molar-refractivity contribution is 7.07. The van der Waals surface area contributed by atoms with Crippen LogP contribution in [0.3, 0.4) is 0 Å². The van der Waals surface area contributed by atoms with Crippen LogP contribution in [-0.4, -0.2) is 22.5 Å². The van der Waals surface area contributed by atoms with Gasteiger partial charge in [0.1, 0.15) is 0 Å². The van der Waals surface area contributed by atoms with E-state index in [0.717, 1.165) is 37.2 Å². The van der Waals surface area contributed by atoms with Gasteiger partial charge in [-0.05, 0) is 46.0 Å². The second-order valence-corrected chi connectivity index (χ2v) is 5.62. The van der Waals surface area contributed by atoms with Crippen molar-refractivity contribution >= 4 is 17.3 Å².